The molecule has 0 radical (unpaired) electrons. The van der Waals surface area contributed by atoms with Crippen LogP contribution in [-0.2, 0) is 14.3 Å². The summed E-state index contributed by atoms with van der Waals surface area (Å²) in [5.74, 6) is -1.04. The van der Waals surface area contributed by atoms with E-state index in [1.54, 1.807) is 58.4 Å². The number of nitrogens with zero attached hydrogens (tertiary/aromatic N) is 1. The Morgan fingerprint density at radius 2 is 1.65 bits per heavy atom. The molecule has 9 heteroatoms. The summed E-state index contributed by atoms with van der Waals surface area (Å²) in [4.78, 5) is 36.0. The average Bonchev–Trinajstić information content (AvgIpc) is 2.93. The molecule has 0 saturated heterocycles. The quantitative estimate of drug-likeness (QED) is 0.470. The molecule has 1 aromatic heterocycles. The van der Waals surface area contributed by atoms with Crippen molar-refractivity contribution in [2.24, 2.45) is 0 Å². The second-order valence-electron chi connectivity index (χ2n) is 8.04. The maximum Gasteiger partial charge on any atom is 0.408 e. The van der Waals surface area contributed by atoms with Crippen LogP contribution in [0.4, 0.5) is 4.79 Å². The van der Waals surface area contributed by atoms with Gasteiger partial charge in [-0.15, -0.1) is 0 Å². The topological polar surface area (TPSA) is 108 Å². The van der Waals surface area contributed by atoms with Gasteiger partial charge in [0.25, 0.3) is 0 Å². The molecule has 1 aromatic rings. The van der Waals surface area contributed by atoms with E-state index in [-0.39, 0.29) is 0 Å². The van der Waals surface area contributed by atoms with Crippen molar-refractivity contribution in [3.63, 3.8) is 0 Å². The van der Waals surface area contributed by atoms with Crippen LogP contribution in [0.15, 0.2) is 16.8 Å². The molecule has 1 unspecified atom stereocenters. The number of rotatable bonds is 5. The number of carbonyl (C=O) groups is 2. The van der Waals surface area contributed by atoms with E-state index in [0.29, 0.717) is 5.56 Å². The van der Waals surface area contributed by atoms with E-state index < -0.39 is 39.8 Å². The van der Waals surface area contributed by atoms with Crippen LogP contribution in [0.2, 0.25) is 0 Å². The van der Waals surface area contributed by atoms with E-state index >= 15 is 0 Å². The van der Waals surface area contributed by atoms with Gasteiger partial charge in [-0.2, -0.15) is 11.3 Å². The third-order valence-electron chi connectivity index (χ3n) is 3.29. The zero-order valence-electron chi connectivity index (χ0n) is 16.1. The normalized spacial score (nSPS) is 15.5. The molecule has 0 aliphatic carbocycles. The monoisotopic (exact) mass is 386 g/mol. The minimum atomic E-state index is -2.23. The molecule has 1 N–H and O–H groups in total. The first kappa shape index (κ1) is 21.9. The smallest absolute Gasteiger partial charge is 0.408 e. The molecule has 1 heterocycles. The molecule has 0 aliphatic heterocycles. The summed E-state index contributed by atoms with van der Waals surface area (Å²) in [6, 6.07) is 0.354. The Bertz CT molecular complexity index is 660. The van der Waals surface area contributed by atoms with Crippen molar-refractivity contribution in [2.75, 3.05) is 0 Å². The van der Waals surface area contributed by atoms with E-state index in [1.807, 2.05) is 0 Å². The van der Waals surface area contributed by atoms with Gasteiger partial charge in [-0.25, -0.2) is 9.59 Å². The van der Waals surface area contributed by atoms with Gasteiger partial charge < -0.3 is 14.8 Å². The fraction of sp³-hybridized carbons (Fsp3) is 0.647. The summed E-state index contributed by atoms with van der Waals surface area (Å²) >= 11 is 1.29. The molecule has 0 aliphatic rings. The second-order valence-corrected chi connectivity index (χ2v) is 8.82. The lowest BCUT2D eigenvalue weighted by molar-refractivity contribution is -0.557. The van der Waals surface area contributed by atoms with Crippen LogP contribution >= 0.6 is 11.3 Å². The molecule has 1 rings (SSSR count). The van der Waals surface area contributed by atoms with Gasteiger partial charge in [0.2, 0.25) is 0 Å². The summed E-state index contributed by atoms with van der Waals surface area (Å²) in [6.07, 6.45) is -0.856. The number of nitrogens with one attached hydrogen (secondary N) is 1. The molecule has 2 atom stereocenters. The van der Waals surface area contributed by atoms with E-state index in [1.165, 1.54) is 11.3 Å². The Morgan fingerprint density at radius 3 is 2.04 bits per heavy atom. The molecule has 1 amide bonds. The number of hydrogen-bond acceptors (Lipinski definition) is 7. The summed E-state index contributed by atoms with van der Waals surface area (Å²) in [7, 11) is 0. The van der Waals surface area contributed by atoms with Gasteiger partial charge in [0.05, 0.1) is 0 Å². The largest absolute Gasteiger partial charge is 0.455 e. The zero-order valence-corrected chi connectivity index (χ0v) is 16.9. The van der Waals surface area contributed by atoms with Gasteiger partial charge in [0, 0.05) is 11.8 Å². The number of nitro groups is 1. The fourth-order valence-electron chi connectivity index (χ4n) is 2.09. The van der Waals surface area contributed by atoms with Gasteiger partial charge in [-0.05, 0) is 63.9 Å². The minimum Gasteiger partial charge on any atom is -0.455 e. The predicted molar refractivity (Wildman–Crippen MR) is 97.7 cm³/mol. The SMILES string of the molecule is CC(C)(C)OC(=O)NC(c1ccsc1)[C@](C)(C(=O)OC(C)(C)C)[N+](=O)[O-]. The number of carbonyl (C=O) groups excluding carboxylic acids is 2. The lowest BCUT2D eigenvalue weighted by Gasteiger charge is -2.31. The van der Waals surface area contributed by atoms with Crippen LogP contribution in [0, 0.1) is 10.1 Å². The van der Waals surface area contributed by atoms with E-state index in [2.05, 4.69) is 5.32 Å². The highest BCUT2D eigenvalue weighted by Gasteiger charge is 2.57. The van der Waals surface area contributed by atoms with E-state index in [4.69, 9.17) is 9.47 Å². The van der Waals surface area contributed by atoms with Gasteiger partial charge in [0.1, 0.15) is 17.2 Å². The van der Waals surface area contributed by atoms with Gasteiger partial charge >= 0.3 is 17.6 Å². The van der Waals surface area contributed by atoms with Crippen molar-refractivity contribution < 1.29 is 24.0 Å². The molecule has 146 valence electrons. The summed E-state index contributed by atoms with van der Waals surface area (Å²) < 4.78 is 10.5. The van der Waals surface area contributed by atoms with Crippen molar-refractivity contribution in [1.82, 2.24) is 5.32 Å². The predicted octanol–water partition coefficient (Wildman–Crippen LogP) is 3.69. The van der Waals surface area contributed by atoms with Crippen molar-refractivity contribution in [3.05, 3.63) is 32.5 Å². The standard InChI is InChI=1S/C17H26N2O6S/c1-15(2,3)24-13(20)17(7,19(22)23)12(11-8-9-26-10-11)18-14(21)25-16(4,5)6/h8-10,12H,1-7H3,(H,18,21)/t12?,17-/m1/s1. The van der Waals surface area contributed by atoms with Crippen LogP contribution < -0.4 is 5.32 Å². The van der Waals surface area contributed by atoms with Gasteiger partial charge in [-0.1, -0.05) is 0 Å². The summed E-state index contributed by atoms with van der Waals surface area (Å²) in [6.45, 7) is 11.0. The minimum absolute atomic E-state index is 0.422. The molecule has 0 bridgehead atoms. The van der Waals surface area contributed by atoms with Crippen LogP contribution in [0.5, 0.6) is 0 Å². The highest BCUT2D eigenvalue weighted by Crippen LogP contribution is 2.33. The zero-order chi connectivity index (χ0) is 20.3. The number of amides is 1. The molecule has 0 fully saturated rings. The van der Waals surface area contributed by atoms with Crippen LogP contribution in [0.3, 0.4) is 0 Å². The lowest BCUT2D eigenvalue weighted by atomic mass is 9.88. The first-order valence-electron chi connectivity index (χ1n) is 8.06. The molecule has 26 heavy (non-hydrogen) atoms. The van der Waals surface area contributed by atoms with Gasteiger partial charge in [-0.3, -0.25) is 10.1 Å². The molecular formula is C17H26N2O6S. The highest BCUT2D eigenvalue weighted by molar-refractivity contribution is 7.08. The Hall–Kier alpha value is -2.16. The van der Waals surface area contributed by atoms with Crippen molar-refractivity contribution >= 4 is 23.4 Å². The number of esters is 1. The highest BCUT2D eigenvalue weighted by atomic mass is 32.1. The molecule has 0 aromatic carbocycles. The maximum atomic E-state index is 12.7. The Labute approximate surface area is 157 Å². The van der Waals surface area contributed by atoms with Crippen molar-refractivity contribution in [1.29, 1.82) is 0 Å². The Balaban J connectivity index is 3.30. The van der Waals surface area contributed by atoms with Crippen LogP contribution in [0.25, 0.3) is 0 Å². The van der Waals surface area contributed by atoms with Crippen LogP contribution in [0.1, 0.15) is 60.1 Å². The summed E-state index contributed by atoms with van der Waals surface area (Å²) in [5.41, 5.74) is -3.52. The maximum absolute atomic E-state index is 12.7. The summed E-state index contributed by atoms with van der Waals surface area (Å²) in [5, 5.41) is 17.7. The fourth-order valence-corrected chi connectivity index (χ4v) is 2.78. The molecular weight excluding hydrogens is 360 g/mol. The molecule has 0 spiro atoms. The van der Waals surface area contributed by atoms with Crippen LogP contribution in [-0.4, -0.2) is 33.7 Å². The Kier molecular flexibility index (Phi) is 6.40. The third kappa shape index (κ3) is 5.69. The lowest BCUT2D eigenvalue weighted by Crippen LogP contribution is -2.56. The van der Waals surface area contributed by atoms with Crippen molar-refractivity contribution in [3.8, 4) is 0 Å². The third-order valence-corrected chi connectivity index (χ3v) is 3.99. The number of thiophene rings is 1. The van der Waals surface area contributed by atoms with E-state index in [0.717, 1.165) is 6.92 Å². The first-order chi connectivity index (χ1) is 11.7. The molecule has 8 nitrogen and oxygen atoms in total. The number of alkyl carbamates (subject to hydrolysis) is 1. The van der Waals surface area contributed by atoms with Gasteiger partial charge in [0.15, 0.2) is 0 Å². The van der Waals surface area contributed by atoms with Crippen molar-refractivity contribution in [2.45, 2.75) is 71.2 Å². The molecule has 0 saturated carbocycles. The second kappa shape index (κ2) is 7.61. The average molecular weight is 386 g/mol. The first-order valence-corrected chi connectivity index (χ1v) is 9.00. The number of hydrogen-bond donors (Lipinski definition) is 1. The Morgan fingerprint density at radius 1 is 1.12 bits per heavy atom. The number of ether oxygens (including phenoxy) is 2. The van der Waals surface area contributed by atoms with E-state index in [9.17, 15) is 19.7 Å².